The van der Waals surface area contributed by atoms with E-state index in [0.29, 0.717) is 15.8 Å². The molecule has 1 aliphatic heterocycles. The lowest BCUT2D eigenvalue weighted by Gasteiger charge is -2.09. The van der Waals surface area contributed by atoms with Gasteiger partial charge in [0.05, 0.1) is 24.3 Å². The van der Waals surface area contributed by atoms with Crippen molar-refractivity contribution in [1.29, 1.82) is 0 Å². The number of carbonyl (C=O) groups excluding carboxylic acids is 2. The molecule has 1 fully saturated rings. The van der Waals surface area contributed by atoms with E-state index in [0.717, 1.165) is 11.3 Å². The summed E-state index contributed by atoms with van der Waals surface area (Å²) >= 11 is 1.29. The summed E-state index contributed by atoms with van der Waals surface area (Å²) in [6.45, 7) is 1.90. The van der Waals surface area contributed by atoms with Crippen molar-refractivity contribution in [3.8, 4) is 11.5 Å². The maximum Gasteiger partial charge on any atom is 0.513 e. The molecule has 0 radical (unpaired) electrons. The van der Waals surface area contributed by atoms with Crippen LogP contribution in [0.1, 0.15) is 12.5 Å². The largest absolute Gasteiger partial charge is 0.513 e. The summed E-state index contributed by atoms with van der Waals surface area (Å²) in [5.74, 6) is 0.451. The van der Waals surface area contributed by atoms with Crippen LogP contribution in [-0.2, 0) is 9.53 Å². The van der Waals surface area contributed by atoms with Crippen LogP contribution in [0, 0.1) is 0 Å². The fraction of sp³-hybridized carbons (Fsp3) is 0.190. The number of rotatable bonds is 5. The first-order valence-corrected chi connectivity index (χ1v) is 9.67. The molecule has 1 amide bonds. The minimum atomic E-state index is -0.804. The van der Waals surface area contributed by atoms with Crippen molar-refractivity contribution in [2.75, 3.05) is 20.8 Å². The molecule has 0 atom stereocenters. The van der Waals surface area contributed by atoms with Gasteiger partial charge >= 0.3 is 6.16 Å². The molecule has 0 N–H and O–H groups in total. The molecule has 2 aromatic rings. The van der Waals surface area contributed by atoms with Gasteiger partial charge in [0.2, 0.25) is 0 Å². The molecule has 2 aromatic carbocycles. The highest BCUT2D eigenvalue weighted by Crippen LogP contribution is 2.35. The van der Waals surface area contributed by atoms with Crippen LogP contribution >= 0.6 is 11.8 Å². The second-order valence-corrected chi connectivity index (χ2v) is 6.91. The van der Waals surface area contributed by atoms with E-state index in [2.05, 4.69) is 4.99 Å². The van der Waals surface area contributed by atoms with Crippen molar-refractivity contribution in [2.45, 2.75) is 6.92 Å². The molecule has 1 heterocycles. The number of benzene rings is 2. The molecule has 29 heavy (non-hydrogen) atoms. The number of hydrogen-bond donors (Lipinski definition) is 0. The average molecular weight is 412 g/mol. The smallest absolute Gasteiger partial charge is 0.493 e. The molecule has 150 valence electrons. The molecule has 7 nitrogen and oxygen atoms in total. The maximum atomic E-state index is 12.6. The number of amides is 1. The van der Waals surface area contributed by atoms with Gasteiger partial charge in [-0.2, -0.15) is 0 Å². The molecule has 0 aliphatic carbocycles. The van der Waals surface area contributed by atoms with Crippen LogP contribution in [0.4, 0.5) is 10.5 Å². The number of nitrogens with zero attached hydrogens (tertiary/aromatic N) is 2. The minimum absolute atomic E-state index is 0.143. The Morgan fingerprint density at radius 2 is 1.93 bits per heavy atom. The van der Waals surface area contributed by atoms with Crippen molar-refractivity contribution >= 4 is 40.8 Å². The Balaban J connectivity index is 1.83. The van der Waals surface area contributed by atoms with Crippen LogP contribution in [0.15, 0.2) is 58.4 Å². The Morgan fingerprint density at radius 3 is 2.62 bits per heavy atom. The zero-order valence-electron chi connectivity index (χ0n) is 16.2. The van der Waals surface area contributed by atoms with Crippen molar-refractivity contribution in [3.63, 3.8) is 0 Å². The van der Waals surface area contributed by atoms with Crippen LogP contribution < -0.4 is 9.47 Å². The summed E-state index contributed by atoms with van der Waals surface area (Å²) < 4.78 is 15.2. The third-order valence-corrected chi connectivity index (χ3v) is 4.99. The predicted molar refractivity (Wildman–Crippen MR) is 113 cm³/mol. The van der Waals surface area contributed by atoms with Gasteiger partial charge in [-0.05, 0) is 54.6 Å². The van der Waals surface area contributed by atoms with Gasteiger partial charge in [-0.3, -0.25) is 9.69 Å². The summed E-state index contributed by atoms with van der Waals surface area (Å²) in [7, 11) is 3.16. The first kappa shape index (κ1) is 20.5. The van der Waals surface area contributed by atoms with Crippen LogP contribution in [0.25, 0.3) is 6.08 Å². The molecule has 0 bridgehead atoms. The predicted octanol–water partition coefficient (Wildman–Crippen LogP) is 4.46. The molecule has 3 rings (SSSR count). The van der Waals surface area contributed by atoms with Gasteiger partial charge in [0.25, 0.3) is 5.91 Å². The van der Waals surface area contributed by atoms with E-state index in [4.69, 9.17) is 14.2 Å². The van der Waals surface area contributed by atoms with Gasteiger partial charge in [0.1, 0.15) is 0 Å². The average Bonchev–Trinajstić information content (AvgIpc) is 2.98. The van der Waals surface area contributed by atoms with Gasteiger partial charge in [0.15, 0.2) is 16.7 Å². The molecular formula is C21H20N2O5S. The number of likely N-dealkylation sites (N-methyl/N-ethyl adjacent to an activating group) is 1. The highest BCUT2D eigenvalue weighted by Gasteiger charge is 2.30. The van der Waals surface area contributed by atoms with Crippen LogP contribution in [0.5, 0.6) is 11.5 Å². The Morgan fingerprint density at radius 1 is 1.17 bits per heavy atom. The highest BCUT2D eigenvalue weighted by molar-refractivity contribution is 8.18. The molecule has 0 unspecified atom stereocenters. The number of thioether (sulfide) groups is 1. The number of amidine groups is 1. The summed E-state index contributed by atoms with van der Waals surface area (Å²) in [5, 5.41) is 0.599. The second-order valence-electron chi connectivity index (χ2n) is 5.90. The van der Waals surface area contributed by atoms with Crippen LogP contribution in [0.2, 0.25) is 0 Å². The van der Waals surface area contributed by atoms with Gasteiger partial charge in [-0.25, -0.2) is 9.79 Å². The number of para-hydroxylation sites is 1. The fourth-order valence-corrected chi connectivity index (χ4v) is 3.50. The van der Waals surface area contributed by atoms with Gasteiger partial charge in [-0.15, -0.1) is 0 Å². The number of methoxy groups -OCH3 is 1. The van der Waals surface area contributed by atoms with E-state index in [1.54, 1.807) is 38.2 Å². The second kappa shape index (κ2) is 9.29. The number of hydrogen-bond acceptors (Lipinski definition) is 7. The van der Waals surface area contributed by atoms with E-state index in [-0.39, 0.29) is 18.3 Å². The van der Waals surface area contributed by atoms with Crippen molar-refractivity contribution in [2.24, 2.45) is 4.99 Å². The Bertz CT molecular complexity index is 972. The van der Waals surface area contributed by atoms with E-state index in [1.165, 1.54) is 23.8 Å². The third kappa shape index (κ3) is 4.97. The lowest BCUT2D eigenvalue weighted by molar-refractivity contribution is -0.121. The SMILES string of the molecule is CCOC(=O)Oc1ccc(C=C2SC(=Nc3ccccc3)N(C)C2=O)cc1OC. The van der Waals surface area contributed by atoms with E-state index < -0.39 is 6.16 Å². The van der Waals surface area contributed by atoms with Gasteiger partial charge < -0.3 is 14.2 Å². The quantitative estimate of drug-likeness (QED) is 0.410. The molecule has 1 aliphatic rings. The summed E-state index contributed by atoms with van der Waals surface area (Å²) in [6, 6.07) is 14.4. The highest BCUT2D eigenvalue weighted by atomic mass is 32.2. The Labute approximate surface area is 173 Å². The molecule has 8 heteroatoms. The third-order valence-electron chi connectivity index (χ3n) is 3.93. The molecule has 1 saturated heterocycles. The first-order valence-electron chi connectivity index (χ1n) is 8.85. The van der Waals surface area contributed by atoms with Crippen molar-refractivity contribution < 1.29 is 23.8 Å². The van der Waals surface area contributed by atoms with Gasteiger partial charge in [0, 0.05) is 7.05 Å². The van der Waals surface area contributed by atoms with Crippen LogP contribution in [0.3, 0.4) is 0 Å². The lowest BCUT2D eigenvalue weighted by Crippen LogP contribution is -2.23. The first-order chi connectivity index (χ1) is 14.0. The summed E-state index contributed by atoms with van der Waals surface area (Å²) in [5.41, 5.74) is 1.50. The van der Waals surface area contributed by atoms with Crippen molar-refractivity contribution in [1.82, 2.24) is 4.90 Å². The van der Waals surface area contributed by atoms with Crippen LogP contribution in [-0.4, -0.2) is 42.9 Å². The molecule has 0 spiro atoms. The van der Waals surface area contributed by atoms with E-state index in [9.17, 15) is 9.59 Å². The number of aliphatic imine (C=N–C) groups is 1. The van der Waals surface area contributed by atoms with E-state index in [1.807, 2.05) is 30.3 Å². The molecular weight excluding hydrogens is 392 g/mol. The van der Waals surface area contributed by atoms with E-state index >= 15 is 0 Å². The monoisotopic (exact) mass is 412 g/mol. The fourth-order valence-electron chi connectivity index (χ4n) is 2.51. The standard InChI is InChI=1S/C21H20N2O5S/c1-4-27-21(25)28-16-11-10-14(12-17(16)26-3)13-18-19(24)23(2)20(29-18)22-15-8-6-5-7-9-15/h5-13H,4H2,1-3H3. The number of carbonyl (C=O) groups is 2. The number of ether oxygens (including phenoxy) is 3. The zero-order chi connectivity index (χ0) is 20.8. The molecule has 0 aromatic heterocycles. The summed E-state index contributed by atoms with van der Waals surface area (Å²) in [4.78, 5) is 30.7. The Kier molecular flexibility index (Phi) is 6.56. The summed E-state index contributed by atoms with van der Waals surface area (Å²) in [6.07, 6.45) is 0.940. The van der Waals surface area contributed by atoms with Gasteiger partial charge in [-0.1, -0.05) is 24.3 Å². The lowest BCUT2D eigenvalue weighted by atomic mass is 10.2. The minimum Gasteiger partial charge on any atom is -0.493 e. The maximum absolute atomic E-state index is 12.6. The Hall–Kier alpha value is -3.26. The molecule has 0 saturated carbocycles. The topological polar surface area (TPSA) is 77.4 Å². The van der Waals surface area contributed by atoms with Crippen molar-refractivity contribution in [3.05, 3.63) is 59.0 Å². The zero-order valence-corrected chi connectivity index (χ0v) is 17.1. The normalized spacial score (nSPS) is 16.4.